The van der Waals surface area contributed by atoms with Gasteiger partial charge in [0.05, 0.1) is 43.0 Å². The molecule has 2 saturated heterocycles. The summed E-state index contributed by atoms with van der Waals surface area (Å²) in [4.78, 5) is 145. The number of aliphatic carboxylic acids is 1. The van der Waals surface area contributed by atoms with E-state index in [0.29, 0.717) is 94.4 Å². The lowest BCUT2D eigenvalue weighted by Gasteiger charge is -2.41. The highest BCUT2D eigenvalue weighted by atomic mass is 35.5. The van der Waals surface area contributed by atoms with Crippen LogP contribution in [0.3, 0.4) is 0 Å². The standard InChI is InChI=1S/C66H97ClN6O17S/c1-11-55(77)68-26-28-87-27-24-49(75)33-48(61(81)70-37-42(5)74)18-13-12-14-19-51(76)47-22-20-45(21-23-47)38-69-56(78)34-53(62(82)83)91-29-25-57(79)72(9)44(7)63(84)89-54-35-58(80)73(10)50-32-46(31-40(3)59(50)67)30-39(2)16-15-17-41(4)66(86)36-52(88-64(85)71-66)43(6)60-65(54,8)90-60/h15-17,31-32,41,43-45,47-48,52-54,60,86H,11-14,18-30,33-38H2,1-10H3,(H,68,77)(H,69,78)(H,70,81)(H,71,85)(H,82,83)/b17-15+,39-16+/t41-,43+,44-,45?,47?,48?,52?,53?,54+,60-,65-,66-/m0/s1. The van der Waals surface area contributed by atoms with Gasteiger partial charge in [-0.2, -0.15) is 0 Å². The Hall–Kier alpha value is -6.21. The topological polar surface area (TPSA) is 323 Å². The van der Waals surface area contributed by atoms with Gasteiger partial charge in [0.15, 0.2) is 0 Å². The predicted molar refractivity (Wildman–Crippen MR) is 343 cm³/mol. The number of epoxide rings is 1. The van der Waals surface area contributed by atoms with Gasteiger partial charge in [-0.05, 0) is 103 Å². The number of allylic oxidation sites excluding steroid dienone is 3. The van der Waals surface area contributed by atoms with Crippen LogP contribution in [-0.4, -0.2) is 174 Å². The smallest absolute Gasteiger partial charge is 0.409 e. The number of carboxylic acid groups (broad SMARTS) is 1. The van der Waals surface area contributed by atoms with E-state index in [1.807, 2.05) is 38.1 Å². The van der Waals surface area contributed by atoms with Crippen LogP contribution in [0.5, 0.6) is 0 Å². The number of aryl methyl sites for hydroxylation is 1. The second kappa shape index (κ2) is 35.7. The lowest BCUT2D eigenvalue weighted by molar-refractivity contribution is -0.162. The number of thioether (sulfide) groups is 1. The number of esters is 1. The number of carboxylic acids is 1. The number of nitrogens with zero attached hydrogens (tertiary/aromatic N) is 2. The highest BCUT2D eigenvalue weighted by Gasteiger charge is 2.64. The molecule has 1 aliphatic carbocycles. The van der Waals surface area contributed by atoms with E-state index in [2.05, 4.69) is 21.3 Å². The van der Waals surface area contributed by atoms with Gasteiger partial charge in [-0.25, -0.2) is 9.59 Å². The Labute approximate surface area is 544 Å². The summed E-state index contributed by atoms with van der Waals surface area (Å²) in [5, 5.41) is 31.8. The van der Waals surface area contributed by atoms with Crippen LogP contribution in [0.4, 0.5) is 10.5 Å². The average molecular weight is 1310 g/mol. The van der Waals surface area contributed by atoms with Crippen LogP contribution in [0.15, 0.2) is 35.9 Å². The number of alkyl carbamates (subject to hydrolysis) is 1. The largest absolute Gasteiger partial charge is 0.480 e. The van der Waals surface area contributed by atoms with Crippen LogP contribution in [0.2, 0.25) is 5.02 Å². The summed E-state index contributed by atoms with van der Waals surface area (Å²) in [7, 11) is 2.98. The van der Waals surface area contributed by atoms with Gasteiger partial charge in [-0.15, -0.1) is 11.8 Å². The number of nitrogens with one attached hydrogen (secondary N) is 4. The molecule has 25 heteroatoms. The molecule has 6 amide bonds. The maximum atomic E-state index is 14.4. The van der Waals surface area contributed by atoms with Gasteiger partial charge in [0.2, 0.25) is 29.5 Å². The molecule has 0 aromatic heterocycles. The van der Waals surface area contributed by atoms with E-state index in [9.17, 15) is 63.0 Å². The minimum absolute atomic E-state index is 0.000942. The molecule has 1 aromatic rings. The molecule has 3 fully saturated rings. The maximum absolute atomic E-state index is 14.4. The van der Waals surface area contributed by atoms with Gasteiger partial charge in [0, 0.05) is 102 Å². The Morgan fingerprint density at radius 2 is 1.66 bits per heavy atom. The Balaban J connectivity index is 1.07. The third kappa shape index (κ3) is 23.1. The van der Waals surface area contributed by atoms with Gasteiger partial charge in [-0.1, -0.05) is 75.1 Å². The van der Waals surface area contributed by atoms with E-state index < -0.39 is 94.4 Å². The lowest BCUT2D eigenvalue weighted by Crippen LogP contribution is -2.60. The molecular formula is C66H97ClN6O17S. The number of ether oxygens (including phenoxy) is 4. The molecule has 4 aliphatic rings. The number of Topliss-reactive ketones (excluding diaryl/α,β-unsaturated/α-hetero) is 3. The first kappa shape index (κ1) is 75.5. The number of aliphatic hydroxyl groups is 1. The second-order valence-electron chi connectivity index (χ2n) is 25.3. The molecule has 3 unspecified atom stereocenters. The fraction of sp³-hybridized carbons (Fsp3) is 0.682. The quantitative estimate of drug-likeness (QED) is 0.0246. The molecule has 3 heterocycles. The fourth-order valence-electron chi connectivity index (χ4n) is 11.8. The number of unbranched alkanes of at least 4 members (excludes halogenated alkanes) is 2. The van der Waals surface area contributed by atoms with Crippen molar-refractivity contribution in [1.29, 1.82) is 0 Å². The van der Waals surface area contributed by atoms with Crippen molar-refractivity contribution in [3.8, 4) is 0 Å². The Bertz CT molecular complexity index is 2840. The zero-order valence-corrected chi connectivity index (χ0v) is 56.2. The van der Waals surface area contributed by atoms with Gasteiger partial charge >= 0.3 is 18.0 Å². The number of rotatable bonds is 31. The van der Waals surface area contributed by atoms with Crippen molar-refractivity contribution in [2.45, 2.75) is 205 Å². The summed E-state index contributed by atoms with van der Waals surface area (Å²) in [5.41, 5.74) is 0.0580. The van der Waals surface area contributed by atoms with Gasteiger partial charge in [-0.3, -0.25) is 48.5 Å². The SMILES string of the molecule is CCC(=O)NCCOCCC(=O)CC(CCCCCC(=O)C1CCC(CNC(=O)CC(SCCC(=O)N(C)[C@@H](C)C(=O)O[C@@H]2CC(=O)N(C)c3cc(cc(C)c3Cl)C/C(C)=C/C=C/[C@H](C)[C@@]3(O)CC(OC(=O)N3)[C@@H](C)[C@@H]3O[C@@]23C)C(=O)O)CC1)C(=O)NCC(C)=O. The van der Waals surface area contributed by atoms with E-state index in [1.54, 1.807) is 40.8 Å². The van der Waals surface area contributed by atoms with Crippen molar-refractivity contribution in [3.05, 3.63) is 52.1 Å². The zero-order chi connectivity index (χ0) is 67.3. The number of amides is 6. The molecule has 0 spiro atoms. The molecule has 91 heavy (non-hydrogen) atoms. The third-order valence-corrected chi connectivity index (χ3v) is 19.8. The predicted octanol–water partition coefficient (Wildman–Crippen LogP) is 7.06. The van der Waals surface area contributed by atoms with E-state index in [1.165, 1.54) is 30.7 Å². The maximum Gasteiger partial charge on any atom is 0.409 e. The number of ketones is 3. The van der Waals surface area contributed by atoms with Crippen LogP contribution in [0, 0.1) is 36.5 Å². The molecule has 0 radical (unpaired) electrons. The van der Waals surface area contributed by atoms with Gasteiger partial charge < -0.3 is 54.9 Å². The summed E-state index contributed by atoms with van der Waals surface area (Å²) < 4.78 is 23.7. The Morgan fingerprint density at radius 3 is 2.34 bits per heavy atom. The highest BCUT2D eigenvalue weighted by Crippen LogP contribution is 2.49. The van der Waals surface area contributed by atoms with Crippen molar-refractivity contribution < 1.29 is 81.9 Å². The first-order chi connectivity index (χ1) is 43.0. The number of carbonyl (C=O) groups is 11. The lowest BCUT2D eigenvalue weighted by atomic mass is 9.79. The van der Waals surface area contributed by atoms with Gasteiger partial charge in [0.1, 0.15) is 52.2 Å². The number of benzene rings is 1. The van der Waals surface area contributed by atoms with Crippen molar-refractivity contribution in [1.82, 2.24) is 26.2 Å². The first-order valence-electron chi connectivity index (χ1n) is 32.0. The molecular weight excluding hydrogens is 1220 g/mol. The number of likely N-dealkylation sites (N-methyl/N-ethyl adjacent to an activating group) is 1. The minimum Gasteiger partial charge on any atom is -0.480 e. The Kier molecular flexibility index (Phi) is 29.6. The number of hydrogen-bond acceptors (Lipinski definition) is 17. The highest BCUT2D eigenvalue weighted by molar-refractivity contribution is 8.00. The van der Waals surface area contributed by atoms with Crippen LogP contribution in [0.25, 0.3) is 0 Å². The number of hydrogen-bond donors (Lipinski definition) is 6. The van der Waals surface area contributed by atoms with Crippen LogP contribution < -0.4 is 26.2 Å². The monoisotopic (exact) mass is 1310 g/mol. The molecule has 1 saturated carbocycles. The molecule has 506 valence electrons. The van der Waals surface area contributed by atoms with E-state index in [4.69, 9.17) is 30.5 Å². The summed E-state index contributed by atoms with van der Waals surface area (Å²) in [5.74, 6) is -5.92. The molecule has 1 aromatic carbocycles. The van der Waals surface area contributed by atoms with Crippen molar-refractivity contribution >= 4 is 94.0 Å². The molecule has 23 nitrogen and oxygen atoms in total. The fourth-order valence-corrected chi connectivity index (χ4v) is 13.1. The molecule has 3 aliphatic heterocycles. The van der Waals surface area contributed by atoms with Gasteiger partial charge in [0.25, 0.3) is 0 Å². The summed E-state index contributed by atoms with van der Waals surface area (Å²) >= 11 is 7.76. The van der Waals surface area contributed by atoms with E-state index in [-0.39, 0.29) is 105 Å². The van der Waals surface area contributed by atoms with Crippen molar-refractivity contribution in [2.24, 2.45) is 29.6 Å². The third-order valence-electron chi connectivity index (χ3n) is 18.1. The first-order valence-corrected chi connectivity index (χ1v) is 33.4. The average Bonchev–Trinajstić information content (AvgIpc) is 1.64. The number of fused-ring (bicyclic) bond motifs is 5. The second-order valence-corrected chi connectivity index (χ2v) is 27.0. The molecule has 5 rings (SSSR count). The van der Waals surface area contributed by atoms with E-state index >= 15 is 0 Å². The zero-order valence-electron chi connectivity index (χ0n) is 54.6. The Morgan fingerprint density at radius 1 is 0.945 bits per heavy atom. The summed E-state index contributed by atoms with van der Waals surface area (Å²) in [6.07, 6.45) is 7.42. The number of anilines is 1. The molecule has 4 bridgehead atoms. The number of carbonyl (C=O) groups excluding carboxylic acids is 10. The molecule has 10 atom stereocenters. The summed E-state index contributed by atoms with van der Waals surface area (Å²) in [6.45, 7) is 14.6. The minimum atomic E-state index is -1.68. The van der Waals surface area contributed by atoms with Crippen molar-refractivity contribution in [3.63, 3.8) is 0 Å². The summed E-state index contributed by atoms with van der Waals surface area (Å²) in [6, 6.07) is 2.58. The van der Waals surface area contributed by atoms with Crippen LogP contribution >= 0.6 is 23.4 Å². The molecule has 6 N–H and O–H groups in total. The number of halogens is 1. The van der Waals surface area contributed by atoms with Crippen LogP contribution in [-0.2, 0) is 73.3 Å². The van der Waals surface area contributed by atoms with Crippen LogP contribution in [0.1, 0.15) is 162 Å². The normalized spacial score (nSPS) is 26.1. The van der Waals surface area contributed by atoms with E-state index in [0.717, 1.165) is 28.5 Å². The van der Waals surface area contributed by atoms with Crippen molar-refractivity contribution in [2.75, 3.05) is 57.6 Å².